The van der Waals surface area contributed by atoms with Gasteiger partial charge in [0.1, 0.15) is 0 Å². The molecule has 6 heteroatoms. The van der Waals surface area contributed by atoms with Gasteiger partial charge in [-0.2, -0.15) is 0 Å². The molecule has 24 heavy (non-hydrogen) atoms. The lowest BCUT2D eigenvalue weighted by atomic mass is 10.0. The maximum atomic E-state index is 12.2. The summed E-state index contributed by atoms with van der Waals surface area (Å²) < 4.78 is 10.4. The molecule has 1 saturated heterocycles. The molecule has 1 aromatic carbocycles. The van der Waals surface area contributed by atoms with Crippen molar-refractivity contribution in [2.24, 2.45) is 5.92 Å². The van der Waals surface area contributed by atoms with Crippen molar-refractivity contribution in [2.75, 3.05) is 26.4 Å². The van der Waals surface area contributed by atoms with Crippen molar-refractivity contribution < 1.29 is 19.1 Å². The first kappa shape index (κ1) is 18.3. The molecule has 2 rings (SSSR count). The monoisotopic (exact) mass is 334 g/mol. The van der Waals surface area contributed by atoms with Gasteiger partial charge in [0.15, 0.2) is 0 Å². The minimum Gasteiger partial charge on any atom is -0.466 e. The number of esters is 1. The highest BCUT2D eigenvalue weighted by Gasteiger charge is 2.20. The lowest BCUT2D eigenvalue weighted by molar-refractivity contribution is -0.143. The van der Waals surface area contributed by atoms with Gasteiger partial charge in [-0.3, -0.25) is 4.79 Å². The molecule has 1 heterocycles. The molecule has 6 nitrogen and oxygen atoms in total. The predicted octanol–water partition coefficient (Wildman–Crippen LogP) is 2.41. The van der Waals surface area contributed by atoms with Gasteiger partial charge in [-0.1, -0.05) is 30.3 Å². The highest BCUT2D eigenvalue weighted by molar-refractivity contribution is 5.76. The maximum Gasteiger partial charge on any atom is 0.315 e. The number of carbonyl (C=O) groups excluding carboxylic acids is 2. The average Bonchev–Trinajstić information content (AvgIpc) is 2.61. The molecule has 0 bridgehead atoms. The smallest absolute Gasteiger partial charge is 0.315 e. The summed E-state index contributed by atoms with van der Waals surface area (Å²) in [6.45, 7) is 4.16. The topological polar surface area (TPSA) is 76.7 Å². The summed E-state index contributed by atoms with van der Waals surface area (Å²) in [4.78, 5) is 24.0. The number of rotatable bonds is 7. The molecule has 1 fully saturated rings. The molecular weight excluding hydrogens is 308 g/mol. The van der Waals surface area contributed by atoms with E-state index in [9.17, 15) is 9.59 Å². The Balaban J connectivity index is 1.88. The summed E-state index contributed by atoms with van der Waals surface area (Å²) in [6.07, 6.45) is 2.20. The molecule has 0 unspecified atom stereocenters. The zero-order valence-corrected chi connectivity index (χ0v) is 14.1. The van der Waals surface area contributed by atoms with Crippen LogP contribution in [0.3, 0.4) is 0 Å². The van der Waals surface area contributed by atoms with Crippen LogP contribution in [-0.2, 0) is 14.3 Å². The lowest BCUT2D eigenvalue weighted by Crippen LogP contribution is -2.42. The number of urea groups is 1. The minimum absolute atomic E-state index is 0.109. The van der Waals surface area contributed by atoms with Gasteiger partial charge in [0.05, 0.1) is 25.7 Å². The zero-order chi connectivity index (χ0) is 17.2. The third-order valence-electron chi connectivity index (χ3n) is 3.99. The quantitative estimate of drug-likeness (QED) is 0.751. The lowest BCUT2D eigenvalue weighted by Gasteiger charge is -2.23. The van der Waals surface area contributed by atoms with E-state index in [1.807, 2.05) is 30.3 Å². The van der Waals surface area contributed by atoms with Crippen LogP contribution in [0.15, 0.2) is 30.3 Å². The summed E-state index contributed by atoms with van der Waals surface area (Å²) in [5.41, 5.74) is 0.877. The molecule has 1 aliphatic rings. The van der Waals surface area contributed by atoms with Gasteiger partial charge in [0.25, 0.3) is 0 Å². The molecular formula is C18H26N2O4. The van der Waals surface area contributed by atoms with Crippen LogP contribution in [0.4, 0.5) is 4.79 Å². The van der Waals surface area contributed by atoms with E-state index < -0.39 is 6.04 Å². The second kappa shape index (κ2) is 9.93. The second-order valence-corrected chi connectivity index (χ2v) is 5.91. The Kier molecular flexibility index (Phi) is 7.55. The molecule has 2 atom stereocenters. The molecule has 0 aromatic heterocycles. The zero-order valence-electron chi connectivity index (χ0n) is 14.1. The Morgan fingerprint density at radius 3 is 2.79 bits per heavy atom. The van der Waals surface area contributed by atoms with Gasteiger partial charge >= 0.3 is 12.0 Å². The number of nitrogens with one attached hydrogen (secondary N) is 2. The summed E-state index contributed by atoms with van der Waals surface area (Å²) >= 11 is 0. The standard InChI is InChI=1S/C18H26N2O4/c1-2-24-17(21)11-16(15-8-4-3-5-9-15)20-18(22)19-12-14-7-6-10-23-13-14/h3-5,8-9,14,16H,2,6-7,10-13H2,1H3,(H2,19,20,22)/t14-,16-/m0/s1. The van der Waals surface area contributed by atoms with Gasteiger partial charge < -0.3 is 20.1 Å². The molecule has 1 aromatic rings. The number of hydrogen-bond donors (Lipinski definition) is 2. The minimum atomic E-state index is -0.409. The van der Waals surface area contributed by atoms with Crippen LogP contribution in [-0.4, -0.2) is 38.4 Å². The van der Waals surface area contributed by atoms with E-state index in [1.165, 1.54) is 0 Å². The van der Waals surface area contributed by atoms with Crippen molar-refractivity contribution in [2.45, 2.75) is 32.2 Å². The van der Waals surface area contributed by atoms with Gasteiger partial charge in [0, 0.05) is 13.2 Å². The molecule has 0 aliphatic carbocycles. The van der Waals surface area contributed by atoms with E-state index in [-0.39, 0.29) is 18.4 Å². The fourth-order valence-corrected chi connectivity index (χ4v) is 2.74. The van der Waals surface area contributed by atoms with Gasteiger partial charge in [-0.15, -0.1) is 0 Å². The fourth-order valence-electron chi connectivity index (χ4n) is 2.74. The molecule has 2 amide bonds. The summed E-state index contributed by atoms with van der Waals surface area (Å²) in [6, 6.07) is 8.75. The number of carbonyl (C=O) groups is 2. The van der Waals surface area contributed by atoms with Crippen LogP contribution in [0.25, 0.3) is 0 Å². The van der Waals surface area contributed by atoms with Crippen LogP contribution in [0.5, 0.6) is 0 Å². The van der Waals surface area contributed by atoms with E-state index in [0.29, 0.717) is 25.7 Å². The first-order valence-electron chi connectivity index (χ1n) is 8.51. The number of ether oxygens (including phenoxy) is 2. The van der Waals surface area contributed by atoms with Gasteiger partial charge in [0.2, 0.25) is 0 Å². The van der Waals surface area contributed by atoms with Gasteiger partial charge in [-0.25, -0.2) is 4.79 Å². The third-order valence-corrected chi connectivity index (χ3v) is 3.99. The fraction of sp³-hybridized carbons (Fsp3) is 0.556. The molecule has 0 radical (unpaired) electrons. The van der Waals surface area contributed by atoms with Crippen molar-refractivity contribution in [3.8, 4) is 0 Å². The van der Waals surface area contributed by atoms with E-state index in [4.69, 9.17) is 9.47 Å². The van der Waals surface area contributed by atoms with Crippen molar-refractivity contribution in [1.82, 2.24) is 10.6 Å². The Morgan fingerprint density at radius 1 is 1.33 bits per heavy atom. The van der Waals surface area contributed by atoms with Gasteiger partial charge in [-0.05, 0) is 31.2 Å². The maximum absolute atomic E-state index is 12.2. The molecule has 132 valence electrons. The van der Waals surface area contributed by atoms with Crippen molar-refractivity contribution in [3.05, 3.63) is 35.9 Å². The Hall–Kier alpha value is -2.08. The highest BCUT2D eigenvalue weighted by Crippen LogP contribution is 2.17. The second-order valence-electron chi connectivity index (χ2n) is 5.91. The normalized spacial score (nSPS) is 18.5. The Labute approximate surface area is 142 Å². The average molecular weight is 334 g/mol. The van der Waals surface area contributed by atoms with Crippen LogP contribution >= 0.6 is 0 Å². The van der Waals surface area contributed by atoms with Crippen molar-refractivity contribution in [3.63, 3.8) is 0 Å². The van der Waals surface area contributed by atoms with E-state index in [1.54, 1.807) is 6.92 Å². The molecule has 0 spiro atoms. The Bertz CT molecular complexity index is 515. The summed E-state index contributed by atoms with van der Waals surface area (Å²) in [5, 5.41) is 5.75. The highest BCUT2D eigenvalue weighted by atomic mass is 16.5. The Morgan fingerprint density at radius 2 is 2.12 bits per heavy atom. The van der Waals surface area contributed by atoms with Crippen LogP contribution < -0.4 is 10.6 Å². The number of amides is 2. The molecule has 0 saturated carbocycles. The van der Waals surface area contributed by atoms with Crippen LogP contribution in [0.1, 0.15) is 37.8 Å². The summed E-state index contributed by atoms with van der Waals surface area (Å²) in [5.74, 6) is 0.0251. The van der Waals surface area contributed by atoms with Crippen molar-refractivity contribution >= 4 is 12.0 Å². The van der Waals surface area contributed by atoms with E-state index in [0.717, 1.165) is 25.0 Å². The third kappa shape index (κ3) is 6.20. The first-order chi connectivity index (χ1) is 11.7. The van der Waals surface area contributed by atoms with Crippen LogP contribution in [0, 0.1) is 5.92 Å². The van der Waals surface area contributed by atoms with E-state index in [2.05, 4.69) is 10.6 Å². The predicted molar refractivity (Wildman–Crippen MR) is 90.5 cm³/mol. The summed E-state index contributed by atoms with van der Waals surface area (Å²) in [7, 11) is 0. The molecule has 1 aliphatic heterocycles. The first-order valence-corrected chi connectivity index (χ1v) is 8.51. The number of benzene rings is 1. The SMILES string of the molecule is CCOC(=O)C[C@H](NC(=O)NC[C@@H]1CCCOC1)c1ccccc1. The number of hydrogen-bond acceptors (Lipinski definition) is 4. The van der Waals surface area contributed by atoms with E-state index >= 15 is 0 Å². The largest absolute Gasteiger partial charge is 0.466 e. The van der Waals surface area contributed by atoms with Crippen molar-refractivity contribution in [1.29, 1.82) is 0 Å². The molecule has 2 N–H and O–H groups in total. The van der Waals surface area contributed by atoms with Crippen LogP contribution in [0.2, 0.25) is 0 Å².